The van der Waals surface area contributed by atoms with Crippen molar-refractivity contribution >= 4 is 27.5 Å². The highest BCUT2D eigenvalue weighted by Gasteiger charge is 2.25. The molecule has 8 heteroatoms. The van der Waals surface area contributed by atoms with Crippen molar-refractivity contribution in [3.05, 3.63) is 65.2 Å². The van der Waals surface area contributed by atoms with Crippen LogP contribution in [0.2, 0.25) is 5.02 Å². The second-order valence-electron chi connectivity index (χ2n) is 4.83. The molecule has 0 bridgehead atoms. The maximum absolute atomic E-state index is 12.4. The van der Waals surface area contributed by atoms with Gasteiger partial charge in [-0.3, -0.25) is 10.2 Å². The van der Waals surface area contributed by atoms with Crippen molar-refractivity contribution in [3.63, 3.8) is 0 Å². The number of halogens is 1. The number of rotatable bonds is 6. The molecule has 0 aliphatic rings. The fourth-order valence-corrected chi connectivity index (χ4v) is 3.33. The lowest BCUT2D eigenvalue weighted by atomic mass is 10.1. The molecule has 0 spiro atoms. The van der Waals surface area contributed by atoms with Crippen molar-refractivity contribution in [2.24, 2.45) is 5.84 Å². The average Bonchev–Trinajstić information content (AvgIpc) is 2.54. The summed E-state index contributed by atoms with van der Waals surface area (Å²) in [4.78, 5) is 11.9. The molecule has 0 aromatic heterocycles. The summed E-state index contributed by atoms with van der Waals surface area (Å²) < 4.78 is 27.1. The fraction of sp³-hybridized carbons (Fsp3) is 0.133. The summed E-state index contributed by atoms with van der Waals surface area (Å²) in [5.74, 6) is 4.53. The number of nitrogens with one attached hydrogen (secondary N) is 2. The Morgan fingerprint density at radius 2 is 1.70 bits per heavy atom. The highest BCUT2D eigenvalue weighted by atomic mass is 35.5. The van der Waals surface area contributed by atoms with Crippen LogP contribution in [0.25, 0.3) is 0 Å². The number of nitrogens with two attached hydrogens (primary N) is 1. The molecule has 4 N–H and O–H groups in total. The van der Waals surface area contributed by atoms with Gasteiger partial charge in [0.25, 0.3) is 5.91 Å². The predicted molar refractivity (Wildman–Crippen MR) is 88.0 cm³/mol. The zero-order chi connectivity index (χ0) is 16.9. The van der Waals surface area contributed by atoms with Gasteiger partial charge in [0, 0.05) is 5.02 Å². The lowest BCUT2D eigenvalue weighted by Gasteiger charge is -2.17. The molecule has 0 saturated carbocycles. The molecular weight excluding hydrogens is 338 g/mol. The summed E-state index contributed by atoms with van der Waals surface area (Å²) in [7, 11) is -3.88. The molecule has 6 nitrogen and oxygen atoms in total. The molecule has 2 aromatic carbocycles. The third-order valence-electron chi connectivity index (χ3n) is 3.16. The molecule has 2 rings (SSSR count). The predicted octanol–water partition coefficient (Wildman–Crippen LogP) is 1.22. The van der Waals surface area contributed by atoms with E-state index in [-0.39, 0.29) is 11.3 Å². The molecule has 1 amide bonds. The van der Waals surface area contributed by atoms with Gasteiger partial charge in [-0.2, -0.15) is 4.72 Å². The maximum Gasteiger partial charge on any atom is 0.252 e. The van der Waals surface area contributed by atoms with Crippen LogP contribution in [0.5, 0.6) is 0 Å². The second kappa shape index (κ2) is 7.56. The highest BCUT2D eigenvalue weighted by molar-refractivity contribution is 7.89. The second-order valence-corrected chi connectivity index (χ2v) is 6.98. The first-order chi connectivity index (χ1) is 10.9. The zero-order valence-electron chi connectivity index (χ0n) is 12.1. The molecule has 0 fully saturated rings. The summed E-state index contributed by atoms with van der Waals surface area (Å²) in [6.07, 6.45) is 0.177. The Bertz CT molecular complexity index is 764. The SMILES string of the molecule is NNC(=O)[C@H](Cc1ccccc1)NS(=O)(=O)c1ccc(Cl)cc1. The lowest BCUT2D eigenvalue weighted by molar-refractivity contribution is -0.122. The molecule has 23 heavy (non-hydrogen) atoms. The molecule has 0 saturated heterocycles. The van der Waals surface area contributed by atoms with E-state index in [9.17, 15) is 13.2 Å². The smallest absolute Gasteiger partial charge is 0.252 e. The van der Waals surface area contributed by atoms with Crippen LogP contribution < -0.4 is 16.0 Å². The van der Waals surface area contributed by atoms with Crippen molar-refractivity contribution in [2.45, 2.75) is 17.4 Å². The summed E-state index contributed by atoms with van der Waals surface area (Å²) in [6.45, 7) is 0. The van der Waals surface area contributed by atoms with Gasteiger partial charge in [-0.25, -0.2) is 14.3 Å². The number of amides is 1. The third-order valence-corrected chi connectivity index (χ3v) is 4.90. The number of sulfonamides is 1. The minimum Gasteiger partial charge on any atom is -0.293 e. The van der Waals surface area contributed by atoms with Crippen molar-refractivity contribution < 1.29 is 13.2 Å². The van der Waals surface area contributed by atoms with Crippen LogP contribution >= 0.6 is 11.6 Å². The quantitative estimate of drug-likeness (QED) is 0.413. The van der Waals surface area contributed by atoms with E-state index in [1.54, 1.807) is 24.3 Å². The van der Waals surface area contributed by atoms with Crippen LogP contribution in [0.3, 0.4) is 0 Å². The highest BCUT2D eigenvalue weighted by Crippen LogP contribution is 2.15. The molecule has 1 atom stereocenters. The van der Waals surface area contributed by atoms with E-state index >= 15 is 0 Å². The van der Waals surface area contributed by atoms with E-state index in [2.05, 4.69) is 4.72 Å². The van der Waals surface area contributed by atoms with Crippen LogP contribution in [-0.4, -0.2) is 20.4 Å². The Kier molecular flexibility index (Phi) is 5.73. The number of benzene rings is 2. The Labute approximate surface area is 139 Å². The van der Waals surface area contributed by atoms with Crippen molar-refractivity contribution in [1.29, 1.82) is 0 Å². The van der Waals surface area contributed by atoms with Crippen LogP contribution in [0.1, 0.15) is 5.56 Å². The largest absolute Gasteiger partial charge is 0.293 e. The van der Waals surface area contributed by atoms with Gasteiger partial charge in [-0.15, -0.1) is 0 Å². The normalized spacial score (nSPS) is 12.6. The first-order valence-corrected chi connectivity index (χ1v) is 8.61. The maximum atomic E-state index is 12.4. The number of hydrogen-bond donors (Lipinski definition) is 3. The average molecular weight is 354 g/mol. The van der Waals surface area contributed by atoms with Gasteiger partial charge in [0.2, 0.25) is 10.0 Å². The van der Waals surface area contributed by atoms with Gasteiger partial charge >= 0.3 is 0 Å². The standard InChI is InChI=1S/C15H16ClN3O3S/c16-12-6-8-13(9-7-12)23(21,22)19-14(15(20)18-17)10-11-4-2-1-3-5-11/h1-9,14,19H,10,17H2,(H,18,20)/t14-/m0/s1. The molecule has 0 radical (unpaired) electrons. The molecule has 0 unspecified atom stereocenters. The van der Waals surface area contributed by atoms with Crippen molar-refractivity contribution in [3.8, 4) is 0 Å². The summed E-state index contributed by atoms with van der Waals surface area (Å²) in [6, 6.07) is 13.7. The minimum atomic E-state index is -3.88. The molecule has 0 aliphatic heterocycles. The van der Waals surface area contributed by atoms with Gasteiger partial charge in [0.1, 0.15) is 6.04 Å². The number of hydrogen-bond acceptors (Lipinski definition) is 4. The summed E-state index contributed by atoms with van der Waals surface area (Å²) >= 11 is 5.75. The van der Waals surface area contributed by atoms with Gasteiger partial charge in [0.05, 0.1) is 4.90 Å². The van der Waals surface area contributed by atoms with E-state index in [1.807, 2.05) is 11.5 Å². The Morgan fingerprint density at radius 3 is 2.26 bits per heavy atom. The minimum absolute atomic E-state index is 0.0183. The Morgan fingerprint density at radius 1 is 1.09 bits per heavy atom. The zero-order valence-corrected chi connectivity index (χ0v) is 13.6. The first kappa shape index (κ1) is 17.4. The Hall–Kier alpha value is -1.93. The number of carbonyl (C=O) groups excluding carboxylic acids is 1. The van der Waals surface area contributed by atoms with Gasteiger partial charge in [-0.05, 0) is 36.2 Å². The number of carbonyl (C=O) groups is 1. The van der Waals surface area contributed by atoms with Crippen LogP contribution in [-0.2, 0) is 21.2 Å². The van der Waals surface area contributed by atoms with E-state index < -0.39 is 22.0 Å². The molecule has 0 aliphatic carbocycles. The fourth-order valence-electron chi connectivity index (χ4n) is 2.01. The van der Waals surface area contributed by atoms with E-state index in [0.717, 1.165) is 5.56 Å². The molecule has 122 valence electrons. The summed E-state index contributed by atoms with van der Waals surface area (Å²) in [5, 5.41) is 0.421. The lowest BCUT2D eigenvalue weighted by Crippen LogP contribution is -2.49. The van der Waals surface area contributed by atoms with Gasteiger partial charge in [-0.1, -0.05) is 41.9 Å². The van der Waals surface area contributed by atoms with Gasteiger partial charge in [0.15, 0.2) is 0 Å². The topological polar surface area (TPSA) is 101 Å². The van der Waals surface area contributed by atoms with Crippen LogP contribution in [0.15, 0.2) is 59.5 Å². The van der Waals surface area contributed by atoms with E-state index in [1.165, 1.54) is 24.3 Å². The van der Waals surface area contributed by atoms with Crippen LogP contribution in [0, 0.1) is 0 Å². The van der Waals surface area contributed by atoms with Gasteiger partial charge < -0.3 is 0 Å². The molecule has 0 heterocycles. The van der Waals surface area contributed by atoms with Crippen LogP contribution in [0.4, 0.5) is 0 Å². The first-order valence-electron chi connectivity index (χ1n) is 6.74. The number of hydrazine groups is 1. The third kappa shape index (κ3) is 4.77. The van der Waals surface area contributed by atoms with Crippen molar-refractivity contribution in [2.75, 3.05) is 0 Å². The molecular formula is C15H16ClN3O3S. The molecule has 2 aromatic rings. The van der Waals surface area contributed by atoms with Crippen molar-refractivity contribution in [1.82, 2.24) is 10.1 Å². The van der Waals surface area contributed by atoms with E-state index in [4.69, 9.17) is 17.4 Å². The monoisotopic (exact) mass is 353 g/mol. The Balaban J connectivity index is 2.23. The van der Waals surface area contributed by atoms with E-state index in [0.29, 0.717) is 5.02 Å². The summed E-state index contributed by atoms with van der Waals surface area (Å²) in [5.41, 5.74) is 2.79.